The van der Waals surface area contributed by atoms with E-state index in [1.54, 1.807) is 0 Å². The van der Waals surface area contributed by atoms with E-state index in [1.807, 2.05) is 0 Å². The van der Waals surface area contributed by atoms with Gasteiger partial charge in [0.25, 0.3) is 0 Å². The van der Waals surface area contributed by atoms with E-state index in [0.29, 0.717) is 6.10 Å². The second-order valence-electron chi connectivity index (χ2n) is 10.9. The second kappa shape index (κ2) is 17.5. The molecule has 0 aromatic rings. The molecule has 1 heteroatoms. The third-order valence-corrected chi connectivity index (χ3v) is 8.34. The SMILES string of the molecule is CCCCCCCCCCC1CCC([C@H]2CC[C@H](OCCCCCCC)CC2)CC1. The van der Waals surface area contributed by atoms with Gasteiger partial charge in [0, 0.05) is 6.61 Å². The Balaban J connectivity index is 1.43. The van der Waals surface area contributed by atoms with Gasteiger partial charge in [-0.05, 0) is 62.7 Å². The first-order chi connectivity index (χ1) is 14.8. The quantitative estimate of drug-likeness (QED) is 0.213. The van der Waals surface area contributed by atoms with Gasteiger partial charge >= 0.3 is 0 Å². The summed E-state index contributed by atoms with van der Waals surface area (Å²) in [7, 11) is 0. The number of hydrogen-bond acceptors (Lipinski definition) is 1. The van der Waals surface area contributed by atoms with Gasteiger partial charge in [0.2, 0.25) is 0 Å². The first-order valence-electron chi connectivity index (χ1n) is 14.4. The zero-order valence-corrected chi connectivity index (χ0v) is 21.0. The van der Waals surface area contributed by atoms with Gasteiger partial charge < -0.3 is 4.74 Å². The summed E-state index contributed by atoms with van der Waals surface area (Å²) in [4.78, 5) is 0. The van der Waals surface area contributed by atoms with Crippen molar-refractivity contribution in [3.63, 3.8) is 0 Å². The van der Waals surface area contributed by atoms with Crippen molar-refractivity contribution in [3.05, 3.63) is 0 Å². The van der Waals surface area contributed by atoms with Crippen LogP contribution >= 0.6 is 0 Å². The highest BCUT2D eigenvalue weighted by Crippen LogP contribution is 2.41. The summed E-state index contributed by atoms with van der Waals surface area (Å²) in [6.45, 7) is 5.62. The molecule has 0 aromatic carbocycles. The highest BCUT2D eigenvalue weighted by molar-refractivity contribution is 4.82. The molecular formula is C29H56O. The summed E-state index contributed by atoms with van der Waals surface area (Å²) in [5.41, 5.74) is 0. The molecule has 2 aliphatic carbocycles. The molecule has 0 aliphatic heterocycles. The van der Waals surface area contributed by atoms with Crippen LogP contribution in [0.4, 0.5) is 0 Å². The summed E-state index contributed by atoms with van der Waals surface area (Å²) in [5.74, 6) is 3.14. The minimum atomic E-state index is 0.589. The zero-order chi connectivity index (χ0) is 21.3. The Bertz CT molecular complexity index is 363. The summed E-state index contributed by atoms with van der Waals surface area (Å²) in [6, 6.07) is 0. The lowest BCUT2D eigenvalue weighted by Gasteiger charge is -2.38. The van der Waals surface area contributed by atoms with Crippen molar-refractivity contribution in [1.29, 1.82) is 0 Å². The molecule has 0 aromatic heterocycles. The average Bonchev–Trinajstić information content (AvgIpc) is 2.79. The van der Waals surface area contributed by atoms with E-state index in [-0.39, 0.29) is 0 Å². The van der Waals surface area contributed by atoms with Gasteiger partial charge in [0.05, 0.1) is 6.10 Å². The van der Waals surface area contributed by atoms with Crippen LogP contribution in [-0.4, -0.2) is 12.7 Å². The molecule has 2 aliphatic rings. The second-order valence-corrected chi connectivity index (χ2v) is 10.9. The maximum atomic E-state index is 6.21. The topological polar surface area (TPSA) is 9.23 Å². The van der Waals surface area contributed by atoms with Crippen LogP contribution in [0, 0.1) is 17.8 Å². The van der Waals surface area contributed by atoms with Gasteiger partial charge in [0.1, 0.15) is 0 Å². The van der Waals surface area contributed by atoms with Crippen LogP contribution < -0.4 is 0 Å². The van der Waals surface area contributed by atoms with E-state index < -0.39 is 0 Å². The Hall–Kier alpha value is -0.0400. The monoisotopic (exact) mass is 420 g/mol. The van der Waals surface area contributed by atoms with Crippen molar-refractivity contribution in [2.45, 2.75) is 161 Å². The van der Waals surface area contributed by atoms with Gasteiger partial charge in [0.15, 0.2) is 0 Å². The van der Waals surface area contributed by atoms with E-state index >= 15 is 0 Å². The molecule has 0 unspecified atom stereocenters. The van der Waals surface area contributed by atoms with Crippen LogP contribution in [0.2, 0.25) is 0 Å². The molecular weight excluding hydrogens is 364 g/mol. The number of ether oxygens (including phenoxy) is 1. The largest absolute Gasteiger partial charge is 0.378 e. The minimum Gasteiger partial charge on any atom is -0.378 e. The van der Waals surface area contributed by atoms with Gasteiger partial charge in [-0.25, -0.2) is 0 Å². The normalized spacial score (nSPS) is 27.4. The highest BCUT2D eigenvalue weighted by atomic mass is 16.5. The van der Waals surface area contributed by atoms with Crippen LogP contribution in [0.5, 0.6) is 0 Å². The highest BCUT2D eigenvalue weighted by Gasteiger charge is 2.30. The Kier molecular flexibility index (Phi) is 15.3. The van der Waals surface area contributed by atoms with Crippen LogP contribution in [0.15, 0.2) is 0 Å². The van der Waals surface area contributed by atoms with Crippen LogP contribution in [0.3, 0.4) is 0 Å². The predicted molar refractivity (Wildman–Crippen MR) is 133 cm³/mol. The molecule has 2 rings (SSSR count). The summed E-state index contributed by atoms with van der Waals surface area (Å²) >= 11 is 0. The maximum Gasteiger partial charge on any atom is 0.0575 e. The Labute approximate surface area is 190 Å². The molecule has 1 nitrogen and oxygen atoms in total. The smallest absolute Gasteiger partial charge is 0.0575 e. The summed E-state index contributed by atoms with van der Waals surface area (Å²) in [6.07, 6.45) is 32.4. The number of unbranched alkanes of at least 4 members (excludes halogenated alkanes) is 11. The van der Waals surface area contributed by atoms with Crippen molar-refractivity contribution < 1.29 is 4.74 Å². The molecule has 2 fully saturated rings. The van der Waals surface area contributed by atoms with Crippen molar-refractivity contribution in [2.75, 3.05) is 6.61 Å². The molecule has 0 spiro atoms. The van der Waals surface area contributed by atoms with Gasteiger partial charge in [-0.2, -0.15) is 0 Å². The summed E-state index contributed by atoms with van der Waals surface area (Å²) < 4.78 is 6.21. The number of hydrogen-bond donors (Lipinski definition) is 0. The van der Waals surface area contributed by atoms with Crippen molar-refractivity contribution in [3.8, 4) is 0 Å². The molecule has 2 saturated carbocycles. The van der Waals surface area contributed by atoms with Crippen molar-refractivity contribution in [2.24, 2.45) is 17.8 Å². The van der Waals surface area contributed by atoms with Gasteiger partial charge in [-0.1, -0.05) is 110 Å². The van der Waals surface area contributed by atoms with Crippen LogP contribution in [0.1, 0.15) is 155 Å². The molecule has 0 amide bonds. The fraction of sp³-hybridized carbons (Fsp3) is 1.00. The molecule has 0 radical (unpaired) electrons. The lowest BCUT2D eigenvalue weighted by atomic mass is 9.70. The fourth-order valence-electron chi connectivity index (χ4n) is 6.20. The zero-order valence-electron chi connectivity index (χ0n) is 21.0. The van der Waals surface area contributed by atoms with E-state index in [1.165, 1.54) is 141 Å². The Morgan fingerprint density at radius 1 is 0.500 bits per heavy atom. The average molecular weight is 421 g/mol. The lowest BCUT2D eigenvalue weighted by molar-refractivity contribution is 0.00527. The molecule has 0 bridgehead atoms. The van der Waals surface area contributed by atoms with E-state index in [4.69, 9.17) is 4.74 Å². The third-order valence-electron chi connectivity index (χ3n) is 8.34. The van der Waals surface area contributed by atoms with Gasteiger partial charge in [-0.3, -0.25) is 0 Å². The van der Waals surface area contributed by atoms with E-state index in [2.05, 4.69) is 13.8 Å². The molecule has 178 valence electrons. The lowest BCUT2D eigenvalue weighted by Crippen LogP contribution is -2.28. The number of rotatable bonds is 17. The van der Waals surface area contributed by atoms with Crippen molar-refractivity contribution >= 4 is 0 Å². The Morgan fingerprint density at radius 2 is 0.967 bits per heavy atom. The fourth-order valence-corrected chi connectivity index (χ4v) is 6.20. The van der Waals surface area contributed by atoms with E-state index in [0.717, 1.165) is 24.4 Å². The predicted octanol–water partition coefficient (Wildman–Crippen LogP) is 9.87. The molecule has 0 heterocycles. The van der Waals surface area contributed by atoms with Gasteiger partial charge in [-0.15, -0.1) is 0 Å². The Morgan fingerprint density at radius 3 is 1.53 bits per heavy atom. The molecule has 0 atom stereocenters. The van der Waals surface area contributed by atoms with Crippen LogP contribution in [0.25, 0.3) is 0 Å². The van der Waals surface area contributed by atoms with Crippen molar-refractivity contribution in [1.82, 2.24) is 0 Å². The molecule has 0 N–H and O–H groups in total. The first kappa shape index (κ1) is 26.2. The van der Waals surface area contributed by atoms with Crippen LogP contribution in [-0.2, 0) is 4.74 Å². The summed E-state index contributed by atoms with van der Waals surface area (Å²) in [5, 5.41) is 0. The maximum absolute atomic E-state index is 6.21. The first-order valence-corrected chi connectivity index (χ1v) is 14.4. The minimum absolute atomic E-state index is 0.589. The molecule has 30 heavy (non-hydrogen) atoms. The standard InChI is InChI=1S/C29H56O/c1-3-5-7-9-10-11-12-14-16-26-17-19-27(20-18-26)28-21-23-29(24-22-28)30-25-15-13-8-6-4-2/h26-29H,3-25H2,1-2H3/t26?,27?,28-,29-. The third kappa shape index (κ3) is 11.5. The van der Waals surface area contributed by atoms with E-state index in [9.17, 15) is 0 Å². The molecule has 0 saturated heterocycles.